The van der Waals surface area contributed by atoms with E-state index in [1.165, 1.54) is 0 Å². The molecule has 0 aliphatic carbocycles. The van der Waals surface area contributed by atoms with Gasteiger partial charge in [-0.05, 0) is 17.9 Å². The summed E-state index contributed by atoms with van der Waals surface area (Å²) < 4.78 is 18.5. The van der Waals surface area contributed by atoms with E-state index in [0.717, 1.165) is 30.0 Å². The van der Waals surface area contributed by atoms with Crippen molar-refractivity contribution in [1.82, 2.24) is 10.3 Å². The minimum atomic E-state index is -1.44. The number of pyridine rings is 1. The lowest BCUT2D eigenvalue weighted by molar-refractivity contribution is -0.153. The van der Waals surface area contributed by atoms with E-state index in [1.807, 2.05) is 30.3 Å². The monoisotopic (exact) mass is 499 g/mol. The zero-order chi connectivity index (χ0) is 26.1. The van der Waals surface area contributed by atoms with Crippen molar-refractivity contribution in [1.29, 1.82) is 0 Å². The second kappa shape index (κ2) is 12.6. The number of oxime groups is 1. The number of carbonyl (C=O) groups excluding carboxylic acids is 3. The van der Waals surface area contributed by atoms with Crippen molar-refractivity contribution in [2.45, 2.75) is 70.9 Å². The number of aromatic nitrogens is 1. The maximum Gasteiger partial charge on any atom is 0.308 e. The molecule has 9 heteroatoms. The molecule has 1 aromatic carbocycles. The van der Waals surface area contributed by atoms with Crippen LogP contribution in [0.5, 0.6) is 0 Å². The van der Waals surface area contributed by atoms with Crippen LogP contribution >= 0.6 is 0 Å². The highest BCUT2D eigenvalue weighted by Gasteiger charge is 2.51. The van der Waals surface area contributed by atoms with Crippen LogP contribution in [0, 0.1) is 5.92 Å². The van der Waals surface area contributed by atoms with Crippen LogP contribution in [-0.4, -0.2) is 53.3 Å². The number of carbonyl (C=O) groups is 3. The Hall–Kier alpha value is -3.36. The van der Waals surface area contributed by atoms with Crippen molar-refractivity contribution in [3.63, 3.8) is 0 Å². The fourth-order valence-corrected chi connectivity index (χ4v) is 4.18. The molecule has 1 N–H and O–H groups in total. The highest BCUT2D eigenvalue weighted by Crippen LogP contribution is 2.35. The minimum absolute atomic E-state index is 0.107. The summed E-state index contributed by atoms with van der Waals surface area (Å²) in [5, 5.41) is 8.57. The molecule has 0 radical (unpaired) electrons. The third-order valence-corrected chi connectivity index (χ3v) is 6.47. The molecule has 8 nitrogen and oxygen atoms in total. The Balaban J connectivity index is 1.72. The quantitative estimate of drug-likeness (QED) is 0.325. The molecule has 0 bridgehead atoms. The zero-order valence-corrected chi connectivity index (χ0v) is 21.1. The van der Waals surface area contributed by atoms with Crippen molar-refractivity contribution < 1.29 is 28.3 Å². The molecule has 1 amide bonds. The Morgan fingerprint density at radius 2 is 1.94 bits per heavy atom. The Morgan fingerprint density at radius 3 is 2.67 bits per heavy atom. The molecule has 2 heterocycles. The molecule has 3 rings (SSSR count). The van der Waals surface area contributed by atoms with E-state index in [9.17, 15) is 18.8 Å². The van der Waals surface area contributed by atoms with Crippen molar-refractivity contribution in [2.75, 3.05) is 13.3 Å². The van der Waals surface area contributed by atoms with Gasteiger partial charge in [-0.15, -0.1) is 0 Å². The first kappa shape index (κ1) is 27.2. The Morgan fingerprint density at radius 1 is 1.17 bits per heavy atom. The largest absolute Gasteiger partial charge is 0.466 e. The number of benzene rings is 1. The van der Waals surface area contributed by atoms with Crippen LogP contribution in [-0.2, 0) is 24.0 Å². The van der Waals surface area contributed by atoms with E-state index in [0.29, 0.717) is 17.8 Å². The third-order valence-electron chi connectivity index (χ3n) is 6.47. The SMILES string of the molecule is CCCCCCOC(=O)C[C@H](NC(=O)C1(C(C)C)CC(c2nccc3ccccc23)=NO1)C(=O)CF. The minimum Gasteiger partial charge on any atom is -0.466 e. The van der Waals surface area contributed by atoms with Crippen LogP contribution in [0.1, 0.15) is 65.0 Å². The van der Waals surface area contributed by atoms with Crippen molar-refractivity contribution >= 4 is 34.1 Å². The number of nitrogens with one attached hydrogen (secondary N) is 1. The van der Waals surface area contributed by atoms with Crippen LogP contribution in [0.15, 0.2) is 41.7 Å². The number of fused-ring (bicyclic) bond motifs is 1. The van der Waals surface area contributed by atoms with Gasteiger partial charge in [0.25, 0.3) is 5.91 Å². The van der Waals surface area contributed by atoms with Gasteiger partial charge in [-0.1, -0.05) is 69.5 Å². The van der Waals surface area contributed by atoms with E-state index in [2.05, 4.69) is 22.4 Å². The Bertz CT molecular complexity index is 1110. The number of rotatable bonds is 13. The molecule has 2 atom stereocenters. The van der Waals surface area contributed by atoms with Gasteiger partial charge in [-0.25, -0.2) is 4.39 Å². The summed E-state index contributed by atoms with van der Waals surface area (Å²) in [5.74, 6) is -2.55. The van der Waals surface area contributed by atoms with Crippen molar-refractivity contribution in [3.8, 4) is 0 Å². The number of unbranched alkanes of at least 4 members (excludes halogenated alkanes) is 3. The highest BCUT2D eigenvalue weighted by molar-refractivity contribution is 6.12. The lowest BCUT2D eigenvalue weighted by atomic mass is 9.83. The van der Waals surface area contributed by atoms with Crippen LogP contribution in [0.25, 0.3) is 10.8 Å². The first-order chi connectivity index (χ1) is 17.3. The van der Waals surface area contributed by atoms with E-state index < -0.39 is 42.4 Å². The topological polar surface area (TPSA) is 107 Å². The number of esters is 1. The fourth-order valence-electron chi connectivity index (χ4n) is 4.18. The average molecular weight is 500 g/mol. The molecule has 2 aromatic rings. The van der Waals surface area contributed by atoms with Gasteiger partial charge in [-0.3, -0.25) is 19.4 Å². The molecule has 36 heavy (non-hydrogen) atoms. The molecule has 0 saturated carbocycles. The summed E-state index contributed by atoms with van der Waals surface area (Å²) >= 11 is 0. The first-order valence-corrected chi connectivity index (χ1v) is 12.5. The third kappa shape index (κ3) is 6.25. The molecular formula is C27H34FN3O5. The van der Waals surface area contributed by atoms with Gasteiger partial charge >= 0.3 is 5.97 Å². The Labute approximate surface area is 210 Å². The number of amides is 1. The smallest absolute Gasteiger partial charge is 0.308 e. The predicted molar refractivity (Wildman–Crippen MR) is 134 cm³/mol. The molecular weight excluding hydrogens is 465 g/mol. The first-order valence-electron chi connectivity index (χ1n) is 12.5. The lowest BCUT2D eigenvalue weighted by Gasteiger charge is -2.30. The predicted octanol–water partition coefficient (Wildman–Crippen LogP) is 4.29. The van der Waals surface area contributed by atoms with E-state index in [-0.39, 0.29) is 18.9 Å². The summed E-state index contributed by atoms with van der Waals surface area (Å²) in [4.78, 5) is 48.1. The maximum atomic E-state index is 13.4. The summed E-state index contributed by atoms with van der Waals surface area (Å²) in [5.41, 5.74) is -0.339. The molecule has 0 saturated heterocycles. The number of hydrogen-bond acceptors (Lipinski definition) is 7. The maximum absolute atomic E-state index is 13.4. The van der Waals surface area contributed by atoms with Gasteiger partial charge < -0.3 is 14.9 Å². The molecule has 1 aliphatic rings. The van der Waals surface area contributed by atoms with Gasteiger partial charge in [-0.2, -0.15) is 0 Å². The molecule has 194 valence electrons. The summed E-state index contributed by atoms with van der Waals surface area (Å²) in [6.45, 7) is 4.58. The van der Waals surface area contributed by atoms with E-state index in [4.69, 9.17) is 9.57 Å². The summed E-state index contributed by atoms with van der Waals surface area (Å²) in [6, 6.07) is 8.21. The lowest BCUT2D eigenvalue weighted by Crippen LogP contribution is -2.55. The normalized spacial score (nSPS) is 18.0. The number of ketones is 1. The van der Waals surface area contributed by atoms with Crippen molar-refractivity contribution in [3.05, 3.63) is 42.2 Å². The number of Topliss-reactive ketones (excluding diaryl/α,β-unsaturated/α-hetero) is 1. The van der Waals surface area contributed by atoms with Crippen LogP contribution < -0.4 is 5.32 Å². The van der Waals surface area contributed by atoms with E-state index >= 15 is 0 Å². The summed E-state index contributed by atoms with van der Waals surface area (Å²) in [6.07, 6.45) is 5.04. The molecule has 0 spiro atoms. The van der Waals surface area contributed by atoms with Gasteiger partial charge in [0, 0.05) is 23.9 Å². The van der Waals surface area contributed by atoms with Crippen LogP contribution in [0.2, 0.25) is 0 Å². The van der Waals surface area contributed by atoms with Gasteiger partial charge in [0.15, 0.2) is 5.78 Å². The number of ether oxygens (including phenoxy) is 1. The Kier molecular flexibility index (Phi) is 9.50. The molecule has 1 aromatic heterocycles. The van der Waals surface area contributed by atoms with Gasteiger partial charge in [0.1, 0.15) is 18.4 Å². The van der Waals surface area contributed by atoms with Crippen molar-refractivity contribution in [2.24, 2.45) is 11.1 Å². The summed E-state index contributed by atoms with van der Waals surface area (Å²) in [7, 11) is 0. The van der Waals surface area contributed by atoms with Gasteiger partial charge in [0.05, 0.1) is 18.7 Å². The highest BCUT2D eigenvalue weighted by atomic mass is 19.1. The number of halogens is 1. The second-order valence-corrected chi connectivity index (χ2v) is 9.34. The van der Waals surface area contributed by atoms with E-state index in [1.54, 1.807) is 20.0 Å². The number of nitrogens with zero attached hydrogens (tertiary/aromatic N) is 2. The number of alkyl halides is 1. The van der Waals surface area contributed by atoms with Gasteiger partial charge in [0.2, 0.25) is 5.60 Å². The van der Waals surface area contributed by atoms with Crippen LogP contribution in [0.3, 0.4) is 0 Å². The molecule has 0 fully saturated rings. The zero-order valence-electron chi connectivity index (χ0n) is 21.1. The number of hydrogen-bond donors (Lipinski definition) is 1. The second-order valence-electron chi connectivity index (χ2n) is 9.34. The fraction of sp³-hybridized carbons (Fsp3) is 0.519. The molecule has 1 aliphatic heterocycles. The molecule has 1 unspecified atom stereocenters. The average Bonchev–Trinajstić information content (AvgIpc) is 3.34. The standard InChI is InChI=1S/C27H34FN3O5/c1-4-5-6-9-14-35-24(33)15-21(23(32)17-28)30-26(34)27(18(2)3)16-22(31-36-27)25-20-11-8-7-10-19(20)12-13-29-25/h7-8,10-13,18,21H,4-6,9,14-17H2,1-3H3,(H,30,34)/t21-,27?/m0/s1. The van der Waals surface area contributed by atoms with Crippen LogP contribution in [0.4, 0.5) is 4.39 Å².